The summed E-state index contributed by atoms with van der Waals surface area (Å²) < 4.78 is 31.8. The van der Waals surface area contributed by atoms with Gasteiger partial charge in [-0.05, 0) is 43.0 Å². The molecule has 0 aliphatic heterocycles. The van der Waals surface area contributed by atoms with Crippen LogP contribution in [0.4, 0.5) is 11.4 Å². The molecule has 0 heterocycles. The average Bonchev–Trinajstić information content (AvgIpc) is 3.41. The molecule has 1 atom stereocenters. The van der Waals surface area contributed by atoms with Gasteiger partial charge in [-0.25, -0.2) is 8.42 Å². The number of methoxy groups -OCH3 is 1. The minimum absolute atomic E-state index is 0.00475. The van der Waals surface area contributed by atoms with E-state index in [4.69, 9.17) is 27.9 Å². The molecule has 0 radical (unpaired) electrons. The number of ether oxygens (including phenoxy) is 1. The Morgan fingerprint density at radius 2 is 1.82 bits per heavy atom. The van der Waals surface area contributed by atoms with Crippen LogP contribution in [-0.4, -0.2) is 62.0 Å². The molecule has 0 spiro atoms. The van der Waals surface area contributed by atoms with Crippen LogP contribution in [0.2, 0.25) is 10.0 Å². The number of nitrogens with zero attached hydrogens (tertiary/aromatic N) is 3. The van der Waals surface area contributed by atoms with Crippen LogP contribution in [0.15, 0.2) is 36.4 Å². The Morgan fingerprint density at radius 1 is 1.15 bits per heavy atom. The number of nitro groups is 1. The van der Waals surface area contributed by atoms with Gasteiger partial charge in [0, 0.05) is 24.7 Å². The van der Waals surface area contributed by atoms with Crippen molar-refractivity contribution in [2.75, 3.05) is 24.2 Å². The van der Waals surface area contributed by atoms with Crippen LogP contribution in [0.3, 0.4) is 0 Å². The highest BCUT2D eigenvalue weighted by Gasteiger charge is 2.34. The Hall–Kier alpha value is -3.09. The highest BCUT2D eigenvalue weighted by atomic mass is 35.5. The van der Waals surface area contributed by atoms with Gasteiger partial charge in [-0.15, -0.1) is 0 Å². The van der Waals surface area contributed by atoms with Gasteiger partial charge in [-0.3, -0.25) is 24.0 Å². The molecule has 11 nitrogen and oxygen atoms in total. The summed E-state index contributed by atoms with van der Waals surface area (Å²) in [4.78, 5) is 39.3. The number of hydrogen-bond donors (Lipinski definition) is 1. The normalized spacial score (nSPS) is 14.4. The molecule has 0 aromatic heterocycles. The molecule has 0 saturated heterocycles. The molecule has 1 saturated carbocycles. The Bertz CT molecular complexity index is 1370. The Kier molecular flexibility index (Phi) is 10.6. The molecule has 1 N–H and O–H groups in total. The summed E-state index contributed by atoms with van der Waals surface area (Å²) in [7, 11) is -2.85. The summed E-state index contributed by atoms with van der Waals surface area (Å²) >= 11 is 12.2. The highest BCUT2D eigenvalue weighted by Crippen LogP contribution is 2.34. The third kappa shape index (κ3) is 7.76. The van der Waals surface area contributed by atoms with Crippen molar-refractivity contribution in [3.8, 4) is 5.75 Å². The van der Waals surface area contributed by atoms with Gasteiger partial charge in [-0.2, -0.15) is 0 Å². The Labute approximate surface area is 243 Å². The Balaban J connectivity index is 2.02. The largest absolute Gasteiger partial charge is 0.495 e. The number of sulfonamides is 1. The average molecular weight is 616 g/mol. The zero-order valence-electron chi connectivity index (χ0n) is 22.4. The van der Waals surface area contributed by atoms with E-state index in [1.807, 2.05) is 0 Å². The molecule has 1 aliphatic rings. The van der Waals surface area contributed by atoms with Crippen molar-refractivity contribution in [2.24, 2.45) is 0 Å². The zero-order chi connectivity index (χ0) is 29.6. The first-order valence-electron chi connectivity index (χ1n) is 12.7. The smallest absolute Gasteiger partial charge is 0.271 e. The zero-order valence-corrected chi connectivity index (χ0v) is 24.8. The maximum atomic E-state index is 13.9. The second-order valence-corrected chi connectivity index (χ2v) is 12.3. The van der Waals surface area contributed by atoms with E-state index in [1.165, 1.54) is 24.1 Å². The molecular weight excluding hydrogens is 583 g/mol. The maximum absolute atomic E-state index is 13.9. The number of halogens is 2. The van der Waals surface area contributed by atoms with E-state index in [9.17, 15) is 28.1 Å². The maximum Gasteiger partial charge on any atom is 0.271 e. The standard InChI is InChI=1S/C26H32Cl2N4O7S/c1-4-22(26(34)29-18-7-5-6-8-18)30(15-17-9-11-20(27)21(28)13-17)25(33)16-31(40(3,37)38)23-14-19(32(35)36)10-12-24(23)39-2/h9-14,18,22H,4-8,15-16H2,1-3H3,(H,29,34)/t22-/m1/s1. The van der Waals surface area contributed by atoms with E-state index in [1.54, 1.807) is 25.1 Å². The van der Waals surface area contributed by atoms with Gasteiger partial charge in [0.2, 0.25) is 21.8 Å². The monoisotopic (exact) mass is 614 g/mol. The first kappa shape index (κ1) is 31.4. The van der Waals surface area contributed by atoms with Crippen LogP contribution in [0.25, 0.3) is 0 Å². The molecule has 14 heteroatoms. The minimum atomic E-state index is -4.13. The summed E-state index contributed by atoms with van der Waals surface area (Å²) in [6, 6.07) is 7.34. The molecule has 1 aliphatic carbocycles. The number of hydrogen-bond acceptors (Lipinski definition) is 7. The fourth-order valence-electron chi connectivity index (χ4n) is 4.70. The van der Waals surface area contributed by atoms with Crippen LogP contribution in [-0.2, 0) is 26.2 Å². The summed E-state index contributed by atoms with van der Waals surface area (Å²) in [6.45, 7) is 0.965. The number of carbonyl (C=O) groups is 2. The number of benzene rings is 2. The molecule has 0 unspecified atom stereocenters. The lowest BCUT2D eigenvalue weighted by Gasteiger charge is -2.33. The third-order valence-corrected chi connectivity index (χ3v) is 8.61. The number of amides is 2. The van der Waals surface area contributed by atoms with Crippen molar-refractivity contribution in [2.45, 2.75) is 57.7 Å². The molecule has 2 amide bonds. The highest BCUT2D eigenvalue weighted by molar-refractivity contribution is 7.92. The fraction of sp³-hybridized carbons (Fsp3) is 0.462. The summed E-state index contributed by atoms with van der Waals surface area (Å²) in [5, 5.41) is 15.0. The number of non-ortho nitro benzene ring substituents is 1. The number of rotatable bonds is 12. The second-order valence-electron chi connectivity index (χ2n) is 9.57. The molecule has 218 valence electrons. The van der Waals surface area contributed by atoms with Gasteiger partial charge in [0.1, 0.15) is 24.0 Å². The summed E-state index contributed by atoms with van der Waals surface area (Å²) in [5.41, 5.74) is 0.0196. The van der Waals surface area contributed by atoms with Crippen LogP contribution in [0.5, 0.6) is 5.75 Å². The van der Waals surface area contributed by atoms with Crippen LogP contribution < -0.4 is 14.4 Å². The number of carbonyl (C=O) groups excluding carboxylic acids is 2. The van der Waals surface area contributed by atoms with Crippen molar-refractivity contribution in [3.05, 3.63) is 62.1 Å². The number of nitrogens with one attached hydrogen (secondary N) is 1. The first-order valence-corrected chi connectivity index (χ1v) is 15.3. The SMILES string of the molecule is CC[C@H](C(=O)NC1CCCC1)N(Cc1ccc(Cl)c(Cl)c1)C(=O)CN(c1cc([N+](=O)[O-])ccc1OC)S(C)(=O)=O. The lowest BCUT2D eigenvalue weighted by Crippen LogP contribution is -2.53. The van der Waals surface area contributed by atoms with E-state index in [0.29, 0.717) is 10.6 Å². The predicted molar refractivity (Wildman–Crippen MR) is 153 cm³/mol. The summed E-state index contributed by atoms with van der Waals surface area (Å²) in [5.74, 6) is -1.02. The predicted octanol–water partition coefficient (Wildman–Crippen LogP) is 4.54. The van der Waals surface area contributed by atoms with E-state index in [-0.39, 0.29) is 47.1 Å². The van der Waals surface area contributed by atoms with E-state index in [2.05, 4.69) is 5.32 Å². The van der Waals surface area contributed by atoms with E-state index < -0.39 is 33.4 Å². The van der Waals surface area contributed by atoms with Crippen molar-refractivity contribution in [1.29, 1.82) is 0 Å². The van der Waals surface area contributed by atoms with Gasteiger partial charge in [0.25, 0.3) is 5.69 Å². The number of anilines is 1. The molecule has 2 aromatic rings. The van der Waals surface area contributed by atoms with Crippen molar-refractivity contribution < 1.29 is 27.7 Å². The quantitative estimate of drug-likeness (QED) is 0.273. The van der Waals surface area contributed by atoms with Crippen LogP contribution in [0.1, 0.15) is 44.6 Å². The topological polar surface area (TPSA) is 139 Å². The van der Waals surface area contributed by atoms with Gasteiger partial charge >= 0.3 is 0 Å². The lowest BCUT2D eigenvalue weighted by atomic mass is 10.1. The minimum Gasteiger partial charge on any atom is -0.495 e. The lowest BCUT2D eigenvalue weighted by molar-refractivity contribution is -0.384. The third-order valence-electron chi connectivity index (χ3n) is 6.75. The van der Waals surface area contributed by atoms with E-state index >= 15 is 0 Å². The first-order chi connectivity index (χ1) is 18.8. The van der Waals surface area contributed by atoms with Crippen LogP contribution >= 0.6 is 23.2 Å². The van der Waals surface area contributed by atoms with Gasteiger partial charge in [-0.1, -0.05) is 49.0 Å². The van der Waals surface area contributed by atoms with Gasteiger partial charge < -0.3 is 15.0 Å². The molecule has 1 fully saturated rings. The molecule has 0 bridgehead atoms. The number of nitro benzene ring substituents is 1. The van der Waals surface area contributed by atoms with Crippen molar-refractivity contribution >= 4 is 56.4 Å². The second kappa shape index (κ2) is 13.5. The fourth-order valence-corrected chi connectivity index (χ4v) is 5.87. The summed E-state index contributed by atoms with van der Waals surface area (Å²) in [6.07, 6.45) is 4.83. The molecule has 40 heavy (non-hydrogen) atoms. The van der Waals surface area contributed by atoms with Gasteiger partial charge in [0.05, 0.1) is 28.3 Å². The molecule has 3 rings (SSSR count). The Morgan fingerprint density at radius 3 is 2.38 bits per heavy atom. The van der Waals surface area contributed by atoms with Gasteiger partial charge in [0.15, 0.2) is 0 Å². The van der Waals surface area contributed by atoms with Crippen molar-refractivity contribution in [3.63, 3.8) is 0 Å². The van der Waals surface area contributed by atoms with Crippen LogP contribution in [0, 0.1) is 10.1 Å². The van der Waals surface area contributed by atoms with Crippen molar-refractivity contribution in [1.82, 2.24) is 10.2 Å². The molecule has 2 aromatic carbocycles. The van der Waals surface area contributed by atoms with E-state index in [0.717, 1.165) is 42.3 Å². The molecular formula is C26H32Cl2N4O7S.